The molecule has 0 fully saturated rings. The van der Waals surface area contributed by atoms with Crippen molar-refractivity contribution in [2.24, 2.45) is 0 Å². The zero-order valence-corrected chi connectivity index (χ0v) is 6.62. The lowest BCUT2D eigenvalue weighted by Gasteiger charge is -2.01. The standard InChI is InChI=1S/C7H13O4/c1-9-4-5-11-7-6-10-3-2-8/h2-3H,4-7H2,1H3. The number of carbonyl (C=O) groups is 1. The van der Waals surface area contributed by atoms with Crippen molar-refractivity contribution in [3.8, 4) is 0 Å². The largest absolute Gasteiger partial charge is 0.382 e. The quantitative estimate of drug-likeness (QED) is 0.372. The highest BCUT2D eigenvalue weighted by Crippen LogP contribution is 1.80. The molecular formula is C7H13O4. The van der Waals surface area contributed by atoms with E-state index in [1.165, 1.54) is 0 Å². The lowest BCUT2D eigenvalue weighted by Crippen LogP contribution is -2.07. The van der Waals surface area contributed by atoms with Gasteiger partial charge in [-0.25, -0.2) is 0 Å². The Balaban J connectivity index is 2.74. The molecule has 0 rings (SSSR count). The first-order chi connectivity index (χ1) is 5.41. The zero-order valence-electron chi connectivity index (χ0n) is 6.62. The van der Waals surface area contributed by atoms with Crippen LogP contribution in [0.3, 0.4) is 0 Å². The summed E-state index contributed by atoms with van der Waals surface area (Å²) in [5, 5.41) is 0. The second-order valence-electron chi connectivity index (χ2n) is 1.75. The summed E-state index contributed by atoms with van der Waals surface area (Å²) < 4.78 is 14.5. The van der Waals surface area contributed by atoms with E-state index in [1.807, 2.05) is 0 Å². The number of rotatable bonds is 8. The summed E-state index contributed by atoms with van der Waals surface area (Å²) in [6, 6.07) is 0. The van der Waals surface area contributed by atoms with Crippen LogP contribution >= 0.6 is 0 Å². The molecule has 0 aliphatic heterocycles. The number of ether oxygens (including phenoxy) is 3. The highest BCUT2D eigenvalue weighted by atomic mass is 16.5. The molecular weight excluding hydrogens is 148 g/mol. The molecule has 0 aromatic carbocycles. The van der Waals surface area contributed by atoms with Gasteiger partial charge in [0.1, 0.15) is 6.61 Å². The fourth-order valence-corrected chi connectivity index (χ4v) is 0.459. The topological polar surface area (TPSA) is 44.8 Å². The summed E-state index contributed by atoms with van der Waals surface area (Å²) in [6.45, 7) is 3.12. The van der Waals surface area contributed by atoms with Gasteiger partial charge in [0.2, 0.25) is 0 Å². The third kappa shape index (κ3) is 9.55. The van der Waals surface area contributed by atoms with E-state index in [-0.39, 0.29) is 0 Å². The highest BCUT2D eigenvalue weighted by Gasteiger charge is 1.88. The Kier molecular flexibility index (Phi) is 9.16. The van der Waals surface area contributed by atoms with Crippen molar-refractivity contribution in [3.05, 3.63) is 6.61 Å². The zero-order chi connectivity index (χ0) is 8.36. The van der Waals surface area contributed by atoms with Gasteiger partial charge in [-0.1, -0.05) is 0 Å². The molecule has 65 valence electrons. The first-order valence-corrected chi connectivity index (χ1v) is 3.37. The average Bonchev–Trinajstić information content (AvgIpc) is 2.03. The van der Waals surface area contributed by atoms with Gasteiger partial charge in [0.25, 0.3) is 0 Å². The van der Waals surface area contributed by atoms with Crippen LogP contribution in [-0.2, 0) is 19.0 Å². The van der Waals surface area contributed by atoms with Gasteiger partial charge < -0.3 is 19.0 Å². The van der Waals surface area contributed by atoms with Crippen molar-refractivity contribution in [2.75, 3.05) is 33.5 Å². The SMILES string of the molecule is COCCOCCO[CH]C=O. The van der Waals surface area contributed by atoms with Crippen LogP contribution in [0.15, 0.2) is 0 Å². The van der Waals surface area contributed by atoms with Crippen molar-refractivity contribution >= 4 is 6.29 Å². The molecule has 4 heteroatoms. The van der Waals surface area contributed by atoms with E-state index in [1.54, 1.807) is 7.11 Å². The van der Waals surface area contributed by atoms with E-state index in [4.69, 9.17) is 14.2 Å². The molecule has 0 aliphatic rings. The molecule has 1 radical (unpaired) electrons. The Morgan fingerprint density at radius 2 is 1.91 bits per heavy atom. The summed E-state index contributed by atoms with van der Waals surface area (Å²) in [5.74, 6) is 0. The Hall–Kier alpha value is -0.450. The maximum atomic E-state index is 9.70. The Bertz CT molecular complexity index is 84.5. The minimum absolute atomic E-state index is 0.405. The van der Waals surface area contributed by atoms with Crippen LogP contribution in [0.25, 0.3) is 0 Å². The molecule has 0 amide bonds. The molecule has 0 N–H and O–H groups in total. The van der Waals surface area contributed by atoms with Gasteiger partial charge in [0.15, 0.2) is 6.29 Å². The molecule has 0 aromatic heterocycles. The van der Waals surface area contributed by atoms with Crippen molar-refractivity contribution in [3.63, 3.8) is 0 Å². The molecule has 0 saturated heterocycles. The molecule has 0 heterocycles. The molecule has 0 atom stereocenters. The molecule has 0 spiro atoms. The van der Waals surface area contributed by atoms with Crippen LogP contribution in [0, 0.1) is 6.61 Å². The minimum Gasteiger partial charge on any atom is -0.382 e. The van der Waals surface area contributed by atoms with Crippen molar-refractivity contribution in [2.45, 2.75) is 0 Å². The van der Waals surface area contributed by atoms with Crippen LogP contribution in [0.1, 0.15) is 0 Å². The minimum atomic E-state index is 0.405. The third-order valence-electron chi connectivity index (χ3n) is 0.929. The number of hydrogen-bond acceptors (Lipinski definition) is 4. The van der Waals surface area contributed by atoms with E-state index in [0.717, 1.165) is 6.61 Å². The molecule has 0 unspecified atom stereocenters. The van der Waals surface area contributed by atoms with Crippen LogP contribution in [-0.4, -0.2) is 39.8 Å². The van der Waals surface area contributed by atoms with E-state index in [9.17, 15) is 4.79 Å². The van der Waals surface area contributed by atoms with E-state index in [0.29, 0.717) is 32.7 Å². The second-order valence-corrected chi connectivity index (χ2v) is 1.75. The fourth-order valence-electron chi connectivity index (χ4n) is 0.459. The number of hydrogen-bond donors (Lipinski definition) is 0. The smallest absolute Gasteiger partial charge is 0.151 e. The van der Waals surface area contributed by atoms with Crippen LogP contribution < -0.4 is 0 Å². The Morgan fingerprint density at radius 1 is 1.18 bits per heavy atom. The van der Waals surface area contributed by atoms with E-state index < -0.39 is 0 Å². The summed E-state index contributed by atoms with van der Waals surface area (Å²) in [5.41, 5.74) is 0. The van der Waals surface area contributed by atoms with Crippen molar-refractivity contribution < 1.29 is 19.0 Å². The average molecular weight is 161 g/mol. The van der Waals surface area contributed by atoms with Gasteiger partial charge in [-0.2, -0.15) is 0 Å². The molecule has 4 nitrogen and oxygen atoms in total. The summed E-state index contributed by atoms with van der Waals surface area (Å²) in [6.07, 6.45) is 0.592. The fraction of sp³-hybridized carbons (Fsp3) is 0.714. The van der Waals surface area contributed by atoms with Gasteiger partial charge in [-0.3, -0.25) is 0 Å². The van der Waals surface area contributed by atoms with Gasteiger partial charge in [-0.15, -0.1) is 0 Å². The van der Waals surface area contributed by atoms with Gasteiger partial charge >= 0.3 is 0 Å². The second kappa shape index (κ2) is 9.55. The van der Waals surface area contributed by atoms with Gasteiger partial charge in [0, 0.05) is 7.11 Å². The lowest BCUT2D eigenvalue weighted by atomic mass is 10.7. The number of carbonyl (C=O) groups excluding carboxylic acids is 1. The number of methoxy groups -OCH3 is 1. The van der Waals surface area contributed by atoms with Crippen molar-refractivity contribution in [1.29, 1.82) is 0 Å². The predicted molar refractivity (Wildman–Crippen MR) is 39.0 cm³/mol. The molecule has 0 aliphatic carbocycles. The molecule has 0 bridgehead atoms. The first-order valence-electron chi connectivity index (χ1n) is 3.37. The molecule has 11 heavy (non-hydrogen) atoms. The maximum absolute atomic E-state index is 9.70. The summed E-state index contributed by atoms with van der Waals surface area (Å²) in [7, 11) is 1.61. The van der Waals surface area contributed by atoms with E-state index >= 15 is 0 Å². The first kappa shape index (κ1) is 10.6. The molecule has 0 saturated carbocycles. The molecule has 0 aromatic rings. The van der Waals surface area contributed by atoms with Gasteiger partial charge in [-0.05, 0) is 0 Å². The predicted octanol–water partition coefficient (Wildman–Crippen LogP) is 0.0267. The van der Waals surface area contributed by atoms with E-state index in [2.05, 4.69) is 0 Å². The van der Waals surface area contributed by atoms with Crippen molar-refractivity contribution in [1.82, 2.24) is 0 Å². The maximum Gasteiger partial charge on any atom is 0.151 e. The van der Waals surface area contributed by atoms with Crippen LogP contribution in [0.4, 0.5) is 0 Å². The Morgan fingerprint density at radius 3 is 2.55 bits per heavy atom. The van der Waals surface area contributed by atoms with Crippen LogP contribution in [0.5, 0.6) is 0 Å². The monoisotopic (exact) mass is 161 g/mol. The Labute approximate surface area is 66.4 Å². The van der Waals surface area contributed by atoms with Crippen LogP contribution in [0.2, 0.25) is 0 Å². The highest BCUT2D eigenvalue weighted by molar-refractivity contribution is 5.58. The lowest BCUT2D eigenvalue weighted by molar-refractivity contribution is -0.108. The normalized spacial score (nSPS) is 9.91. The summed E-state index contributed by atoms with van der Waals surface area (Å²) >= 11 is 0. The number of aldehydes is 1. The third-order valence-corrected chi connectivity index (χ3v) is 0.929. The van der Waals surface area contributed by atoms with Gasteiger partial charge in [0.05, 0.1) is 26.4 Å². The summed E-state index contributed by atoms with van der Waals surface area (Å²) in [4.78, 5) is 9.70.